The van der Waals surface area contributed by atoms with Gasteiger partial charge in [-0.15, -0.1) is 0 Å². The van der Waals surface area contributed by atoms with Crippen LogP contribution in [0.15, 0.2) is 47.4 Å². The van der Waals surface area contributed by atoms with E-state index in [1.165, 1.54) is 15.9 Å². The SMILES string of the molecule is Cc1ccc(S(=O)(=O)N2CCCCC2)cc1C(=O)N[C@@H](C)c1ccc(C(C)(C)C)cc1. The number of amides is 1. The Balaban J connectivity index is 1.79. The summed E-state index contributed by atoms with van der Waals surface area (Å²) in [6, 6.07) is 12.9. The Morgan fingerprint density at radius 1 is 1.00 bits per heavy atom. The van der Waals surface area contributed by atoms with E-state index in [-0.39, 0.29) is 22.3 Å². The summed E-state index contributed by atoms with van der Waals surface area (Å²) in [5.41, 5.74) is 3.47. The molecule has 0 bridgehead atoms. The summed E-state index contributed by atoms with van der Waals surface area (Å²) in [6.07, 6.45) is 2.82. The molecule has 3 rings (SSSR count). The minimum atomic E-state index is -3.58. The molecule has 0 unspecified atom stereocenters. The van der Waals surface area contributed by atoms with Crippen molar-refractivity contribution in [2.75, 3.05) is 13.1 Å². The molecule has 2 aromatic carbocycles. The first-order valence-corrected chi connectivity index (χ1v) is 12.5. The van der Waals surface area contributed by atoms with Gasteiger partial charge in [0.05, 0.1) is 10.9 Å². The highest BCUT2D eigenvalue weighted by Crippen LogP contribution is 2.25. The van der Waals surface area contributed by atoms with Crippen LogP contribution in [0.2, 0.25) is 0 Å². The molecule has 0 radical (unpaired) electrons. The number of aryl methyl sites for hydroxylation is 1. The fraction of sp³-hybridized carbons (Fsp3) is 0.480. The van der Waals surface area contributed by atoms with E-state index < -0.39 is 10.0 Å². The Bertz CT molecular complexity index is 1030. The number of benzene rings is 2. The quantitative estimate of drug-likeness (QED) is 0.712. The Hall–Kier alpha value is -2.18. The van der Waals surface area contributed by atoms with Crippen molar-refractivity contribution in [3.63, 3.8) is 0 Å². The van der Waals surface area contributed by atoms with Gasteiger partial charge >= 0.3 is 0 Å². The van der Waals surface area contributed by atoms with Crippen molar-refractivity contribution < 1.29 is 13.2 Å². The van der Waals surface area contributed by atoms with Gasteiger partial charge in [0.2, 0.25) is 10.0 Å². The summed E-state index contributed by atoms with van der Waals surface area (Å²) in [7, 11) is -3.58. The van der Waals surface area contributed by atoms with E-state index in [1.54, 1.807) is 12.1 Å². The topological polar surface area (TPSA) is 66.5 Å². The molecule has 1 aliphatic rings. The second-order valence-electron chi connectivity index (χ2n) is 9.51. The molecule has 168 valence electrons. The van der Waals surface area contributed by atoms with Crippen LogP contribution in [-0.4, -0.2) is 31.7 Å². The van der Waals surface area contributed by atoms with Gasteiger partial charge in [-0.25, -0.2) is 8.42 Å². The molecular formula is C25H34N2O3S. The summed E-state index contributed by atoms with van der Waals surface area (Å²) in [4.78, 5) is 13.2. The highest BCUT2D eigenvalue weighted by Gasteiger charge is 2.27. The average molecular weight is 443 g/mol. The van der Waals surface area contributed by atoms with Gasteiger partial charge in [0, 0.05) is 18.7 Å². The van der Waals surface area contributed by atoms with Crippen LogP contribution in [0.1, 0.15) is 80.0 Å². The standard InChI is InChI=1S/C25H34N2O3S/c1-18-9-14-22(31(29,30)27-15-7-6-8-16-27)17-23(18)24(28)26-19(2)20-10-12-21(13-11-20)25(3,4)5/h9-14,17,19H,6-8,15-16H2,1-5H3,(H,26,28)/t19-/m0/s1. The Morgan fingerprint density at radius 2 is 1.61 bits per heavy atom. The molecule has 1 fully saturated rings. The second-order valence-corrected chi connectivity index (χ2v) is 11.4. The van der Waals surface area contributed by atoms with Gasteiger partial charge in [0.25, 0.3) is 5.91 Å². The van der Waals surface area contributed by atoms with Crippen molar-refractivity contribution in [3.8, 4) is 0 Å². The highest BCUT2D eigenvalue weighted by atomic mass is 32.2. The maximum Gasteiger partial charge on any atom is 0.252 e. The van der Waals surface area contributed by atoms with E-state index in [4.69, 9.17) is 0 Å². The van der Waals surface area contributed by atoms with Crippen LogP contribution >= 0.6 is 0 Å². The highest BCUT2D eigenvalue weighted by molar-refractivity contribution is 7.89. The van der Waals surface area contributed by atoms with E-state index in [0.717, 1.165) is 30.4 Å². The lowest BCUT2D eigenvalue weighted by Crippen LogP contribution is -2.35. The number of piperidine rings is 1. The number of nitrogens with one attached hydrogen (secondary N) is 1. The summed E-state index contributed by atoms with van der Waals surface area (Å²) >= 11 is 0. The third-order valence-electron chi connectivity index (χ3n) is 6.03. The molecule has 1 N–H and O–H groups in total. The van der Waals surface area contributed by atoms with Crippen molar-refractivity contribution >= 4 is 15.9 Å². The fourth-order valence-electron chi connectivity index (χ4n) is 3.89. The van der Waals surface area contributed by atoms with Gasteiger partial charge < -0.3 is 5.32 Å². The zero-order valence-electron chi connectivity index (χ0n) is 19.2. The molecule has 0 spiro atoms. The normalized spacial score (nSPS) is 16.7. The van der Waals surface area contributed by atoms with Crippen LogP contribution in [0, 0.1) is 6.92 Å². The number of rotatable bonds is 5. The lowest BCUT2D eigenvalue weighted by Gasteiger charge is -2.26. The zero-order valence-corrected chi connectivity index (χ0v) is 20.1. The van der Waals surface area contributed by atoms with Crippen molar-refractivity contribution in [1.82, 2.24) is 9.62 Å². The number of carbonyl (C=O) groups is 1. The number of carbonyl (C=O) groups excluding carboxylic acids is 1. The first-order valence-electron chi connectivity index (χ1n) is 11.0. The first-order chi connectivity index (χ1) is 14.5. The van der Waals surface area contributed by atoms with Crippen LogP contribution in [0.3, 0.4) is 0 Å². The minimum absolute atomic E-state index is 0.0718. The third-order valence-corrected chi connectivity index (χ3v) is 7.93. The lowest BCUT2D eigenvalue weighted by atomic mass is 9.86. The van der Waals surface area contributed by atoms with E-state index in [9.17, 15) is 13.2 Å². The number of sulfonamides is 1. The van der Waals surface area contributed by atoms with Gasteiger partial charge in [0.15, 0.2) is 0 Å². The van der Waals surface area contributed by atoms with Crippen LogP contribution in [-0.2, 0) is 15.4 Å². The maximum absolute atomic E-state index is 13.0. The monoisotopic (exact) mass is 442 g/mol. The van der Waals surface area contributed by atoms with Crippen LogP contribution < -0.4 is 5.32 Å². The van der Waals surface area contributed by atoms with Crippen LogP contribution in [0.4, 0.5) is 0 Å². The molecule has 1 aliphatic heterocycles. The molecule has 2 aromatic rings. The molecule has 1 heterocycles. The van der Waals surface area contributed by atoms with E-state index in [2.05, 4.69) is 38.2 Å². The van der Waals surface area contributed by atoms with Crippen molar-refractivity contribution in [2.24, 2.45) is 0 Å². The molecule has 31 heavy (non-hydrogen) atoms. The molecule has 1 atom stereocenters. The summed E-state index contributed by atoms with van der Waals surface area (Å²) in [5.74, 6) is -0.263. The van der Waals surface area contributed by atoms with Crippen LogP contribution in [0.25, 0.3) is 0 Å². The molecule has 5 nitrogen and oxygen atoms in total. The maximum atomic E-state index is 13.0. The third kappa shape index (κ3) is 5.36. The van der Waals surface area contributed by atoms with Crippen LogP contribution in [0.5, 0.6) is 0 Å². The van der Waals surface area contributed by atoms with Crippen molar-refractivity contribution in [1.29, 1.82) is 0 Å². The lowest BCUT2D eigenvalue weighted by molar-refractivity contribution is 0.0939. The van der Waals surface area contributed by atoms with Gasteiger partial charge in [-0.3, -0.25) is 4.79 Å². The summed E-state index contributed by atoms with van der Waals surface area (Å²) in [5, 5.41) is 3.02. The van der Waals surface area contributed by atoms with Gasteiger partial charge in [-0.2, -0.15) is 4.31 Å². The smallest absolute Gasteiger partial charge is 0.252 e. The largest absolute Gasteiger partial charge is 0.346 e. The van der Waals surface area contributed by atoms with Crippen molar-refractivity contribution in [3.05, 3.63) is 64.7 Å². The Labute approximate surface area is 186 Å². The minimum Gasteiger partial charge on any atom is -0.346 e. The summed E-state index contributed by atoms with van der Waals surface area (Å²) < 4.78 is 27.6. The molecule has 1 saturated heterocycles. The van der Waals surface area contributed by atoms with Gasteiger partial charge in [0.1, 0.15) is 0 Å². The number of hydrogen-bond acceptors (Lipinski definition) is 3. The predicted octanol–water partition coefficient (Wildman–Crippen LogP) is 4.96. The Morgan fingerprint density at radius 3 is 2.19 bits per heavy atom. The summed E-state index contributed by atoms with van der Waals surface area (Å²) in [6.45, 7) is 11.4. The van der Waals surface area contributed by atoms with E-state index >= 15 is 0 Å². The molecular weight excluding hydrogens is 408 g/mol. The molecule has 0 aromatic heterocycles. The van der Waals surface area contributed by atoms with Crippen molar-refractivity contribution in [2.45, 2.75) is 70.2 Å². The Kier molecular flexibility index (Phi) is 6.92. The molecule has 1 amide bonds. The zero-order chi connectivity index (χ0) is 22.8. The van der Waals surface area contributed by atoms with E-state index in [0.29, 0.717) is 18.7 Å². The van der Waals surface area contributed by atoms with Gasteiger partial charge in [-0.1, -0.05) is 57.5 Å². The fourth-order valence-corrected chi connectivity index (χ4v) is 5.43. The molecule has 6 heteroatoms. The number of nitrogens with zero attached hydrogens (tertiary/aromatic N) is 1. The average Bonchev–Trinajstić information content (AvgIpc) is 2.74. The number of hydrogen-bond donors (Lipinski definition) is 1. The van der Waals surface area contributed by atoms with E-state index in [1.807, 2.05) is 26.0 Å². The first kappa shape index (κ1) is 23.5. The second kappa shape index (κ2) is 9.13. The van der Waals surface area contributed by atoms with Gasteiger partial charge in [-0.05, 0) is 60.9 Å². The molecule has 0 aliphatic carbocycles. The molecule has 0 saturated carbocycles. The predicted molar refractivity (Wildman–Crippen MR) is 125 cm³/mol.